The fourth-order valence-corrected chi connectivity index (χ4v) is 0.832. The van der Waals surface area contributed by atoms with Crippen molar-refractivity contribution in [2.75, 3.05) is 7.05 Å². The van der Waals surface area contributed by atoms with Crippen molar-refractivity contribution >= 4 is 0 Å². The van der Waals surface area contributed by atoms with Crippen molar-refractivity contribution in [2.24, 2.45) is 5.92 Å². The van der Waals surface area contributed by atoms with E-state index in [-0.39, 0.29) is 12.4 Å². The second-order valence-corrected chi connectivity index (χ2v) is 2.41. The van der Waals surface area contributed by atoms with Gasteiger partial charge in [-0.3, -0.25) is 0 Å². The standard InChI is InChI=1S/C6H13N.ClH/c1-5(7-2)6-3-4-6;/h5-7H,3-4H2,1-2H3;1H/p-1. The molecule has 1 rings (SSSR count). The molecule has 1 fully saturated rings. The van der Waals surface area contributed by atoms with Gasteiger partial charge in [-0.25, -0.2) is 0 Å². The molecule has 0 amide bonds. The van der Waals surface area contributed by atoms with Gasteiger partial charge in [-0.2, -0.15) is 0 Å². The van der Waals surface area contributed by atoms with E-state index in [4.69, 9.17) is 0 Å². The summed E-state index contributed by atoms with van der Waals surface area (Å²) in [6.45, 7) is 2.25. The molecule has 50 valence electrons. The molecule has 1 N–H and O–H groups in total. The summed E-state index contributed by atoms with van der Waals surface area (Å²) in [6, 6.07) is 0.764. The molecule has 2 heteroatoms. The third-order valence-electron chi connectivity index (χ3n) is 1.78. The van der Waals surface area contributed by atoms with Crippen LogP contribution < -0.4 is 17.7 Å². The Balaban J connectivity index is 0.000000490. The van der Waals surface area contributed by atoms with Crippen molar-refractivity contribution in [1.29, 1.82) is 0 Å². The number of hydrogen-bond acceptors (Lipinski definition) is 1. The average molecular weight is 135 g/mol. The summed E-state index contributed by atoms with van der Waals surface area (Å²) in [4.78, 5) is 0. The van der Waals surface area contributed by atoms with E-state index in [2.05, 4.69) is 12.2 Å². The molecule has 1 saturated carbocycles. The molecule has 0 spiro atoms. The molecule has 8 heavy (non-hydrogen) atoms. The minimum absolute atomic E-state index is 0. The first-order valence-corrected chi connectivity index (χ1v) is 3.02. The van der Waals surface area contributed by atoms with E-state index >= 15 is 0 Å². The van der Waals surface area contributed by atoms with E-state index in [9.17, 15) is 0 Å². The summed E-state index contributed by atoms with van der Waals surface area (Å²) in [7, 11) is 2.03. The Morgan fingerprint density at radius 1 is 1.50 bits per heavy atom. The molecule has 0 saturated heterocycles. The monoisotopic (exact) mass is 134 g/mol. The summed E-state index contributed by atoms with van der Waals surface area (Å²) < 4.78 is 0. The quantitative estimate of drug-likeness (QED) is 0.461. The van der Waals surface area contributed by atoms with Crippen LogP contribution in [0.4, 0.5) is 0 Å². The Kier molecular flexibility index (Phi) is 3.41. The lowest BCUT2D eigenvalue weighted by Crippen LogP contribution is -3.00. The van der Waals surface area contributed by atoms with E-state index in [0.717, 1.165) is 12.0 Å². The van der Waals surface area contributed by atoms with E-state index in [1.807, 2.05) is 7.05 Å². The predicted octanol–water partition coefficient (Wildman–Crippen LogP) is -1.99. The lowest BCUT2D eigenvalue weighted by atomic mass is 10.2. The van der Waals surface area contributed by atoms with Crippen molar-refractivity contribution in [1.82, 2.24) is 5.32 Å². The van der Waals surface area contributed by atoms with Gasteiger partial charge >= 0.3 is 0 Å². The lowest BCUT2D eigenvalue weighted by molar-refractivity contribution is -0.00000166. The second kappa shape index (κ2) is 3.31. The van der Waals surface area contributed by atoms with Gasteiger partial charge in [-0.1, -0.05) is 0 Å². The number of nitrogens with one attached hydrogen (secondary N) is 1. The second-order valence-electron chi connectivity index (χ2n) is 2.41. The van der Waals surface area contributed by atoms with Crippen LogP contribution in [0, 0.1) is 5.92 Å². The summed E-state index contributed by atoms with van der Waals surface area (Å²) in [6.07, 6.45) is 2.89. The van der Waals surface area contributed by atoms with E-state index in [1.54, 1.807) is 0 Å². The van der Waals surface area contributed by atoms with E-state index in [0.29, 0.717) is 0 Å². The largest absolute Gasteiger partial charge is 1.00 e. The van der Waals surface area contributed by atoms with E-state index < -0.39 is 0 Å². The zero-order chi connectivity index (χ0) is 5.28. The number of rotatable bonds is 2. The van der Waals surface area contributed by atoms with Crippen LogP contribution in [0.5, 0.6) is 0 Å². The molecule has 0 radical (unpaired) electrons. The zero-order valence-corrected chi connectivity index (χ0v) is 6.20. The fourth-order valence-electron chi connectivity index (χ4n) is 0.832. The maximum absolute atomic E-state index is 3.23. The van der Waals surface area contributed by atoms with E-state index in [1.165, 1.54) is 12.8 Å². The van der Waals surface area contributed by atoms with Crippen molar-refractivity contribution in [3.05, 3.63) is 0 Å². The Bertz CT molecular complexity index is 61.5. The van der Waals surface area contributed by atoms with Gasteiger partial charge in [0.05, 0.1) is 0 Å². The molecule has 0 aromatic carbocycles. The van der Waals surface area contributed by atoms with Crippen LogP contribution in [0.25, 0.3) is 0 Å². The highest BCUT2D eigenvalue weighted by atomic mass is 35.5. The maximum Gasteiger partial charge on any atom is 0.00640 e. The molecule has 1 nitrogen and oxygen atoms in total. The van der Waals surface area contributed by atoms with Crippen LogP contribution >= 0.6 is 0 Å². The first-order valence-electron chi connectivity index (χ1n) is 3.02. The Hall–Kier alpha value is 0.250. The van der Waals surface area contributed by atoms with Crippen LogP contribution in [0.15, 0.2) is 0 Å². The predicted molar refractivity (Wildman–Crippen MR) is 31.2 cm³/mol. The SMILES string of the molecule is CNC(C)C1CC1.[Cl-]. The van der Waals surface area contributed by atoms with Gasteiger partial charge in [0.25, 0.3) is 0 Å². The van der Waals surface area contributed by atoms with Crippen LogP contribution in [-0.2, 0) is 0 Å². The summed E-state index contributed by atoms with van der Waals surface area (Å²) >= 11 is 0. The van der Waals surface area contributed by atoms with Crippen molar-refractivity contribution in [3.8, 4) is 0 Å². The molecule has 1 aliphatic rings. The third kappa shape index (κ3) is 2.01. The van der Waals surface area contributed by atoms with Gasteiger partial charge in [0, 0.05) is 6.04 Å². The molecular weight excluding hydrogens is 122 g/mol. The van der Waals surface area contributed by atoms with Gasteiger partial charge in [0.2, 0.25) is 0 Å². The third-order valence-corrected chi connectivity index (χ3v) is 1.78. The lowest BCUT2D eigenvalue weighted by Gasteiger charge is -2.04. The number of hydrogen-bond donors (Lipinski definition) is 1. The van der Waals surface area contributed by atoms with Crippen LogP contribution in [-0.4, -0.2) is 13.1 Å². The minimum Gasteiger partial charge on any atom is -1.00 e. The summed E-state index contributed by atoms with van der Waals surface area (Å²) in [5.74, 6) is 1.00. The summed E-state index contributed by atoms with van der Waals surface area (Å²) in [5.41, 5.74) is 0. The molecule has 1 atom stereocenters. The first kappa shape index (κ1) is 8.25. The van der Waals surface area contributed by atoms with Gasteiger partial charge < -0.3 is 17.7 Å². The molecule has 0 heterocycles. The smallest absolute Gasteiger partial charge is 0.00640 e. The van der Waals surface area contributed by atoms with Gasteiger partial charge in [0.15, 0.2) is 0 Å². The zero-order valence-electron chi connectivity index (χ0n) is 5.45. The normalized spacial score (nSPS) is 21.8. The maximum atomic E-state index is 3.23. The Morgan fingerprint density at radius 2 is 2.00 bits per heavy atom. The Labute approximate surface area is 57.3 Å². The molecule has 0 aromatic rings. The highest BCUT2D eigenvalue weighted by Crippen LogP contribution is 2.31. The van der Waals surface area contributed by atoms with Crippen LogP contribution in [0.1, 0.15) is 19.8 Å². The highest BCUT2D eigenvalue weighted by molar-refractivity contribution is 4.81. The van der Waals surface area contributed by atoms with Crippen LogP contribution in [0.3, 0.4) is 0 Å². The average Bonchev–Trinajstić information content (AvgIpc) is 2.44. The topological polar surface area (TPSA) is 12.0 Å². The van der Waals surface area contributed by atoms with Gasteiger partial charge in [-0.05, 0) is 32.7 Å². The molecule has 0 aliphatic heterocycles. The molecule has 1 unspecified atom stereocenters. The fraction of sp³-hybridized carbons (Fsp3) is 1.00. The molecule has 0 aromatic heterocycles. The number of halogens is 1. The molecule has 0 bridgehead atoms. The molecule has 1 aliphatic carbocycles. The van der Waals surface area contributed by atoms with Gasteiger partial charge in [-0.15, -0.1) is 0 Å². The highest BCUT2D eigenvalue weighted by Gasteiger charge is 2.26. The Morgan fingerprint density at radius 3 is 2.12 bits per heavy atom. The van der Waals surface area contributed by atoms with Crippen molar-refractivity contribution < 1.29 is 12.4 Å². The summed E-state index contributed by atoms with van der Waals surface area (Å²) in [5, 5.41) is 3.23. The van der Waals surface area contributed by atoms with Crippen LogP contribution in [0.2, 0.25) is 0 Å². The minimum atomic E-state index is 0. The van der Waals surface area contributed by atoms with Crippen molar-refractivity contribution in [2.45, 2.75) is 25.8 Å². The first-order chi connectivity index (χ1) is 3.34. The van der Waals surface area contributed by atoms with Crippen molar-refractivity contribution in [3.63, 3.8) is 0 Å². The molecular formula is C6H13ClN-. The van der Waals surface area contributed by atoms with Gasteiger partial charge in [0.1, 0.15) is 0 Å².